The molecule has 8 heteroatoms. The minimum atomic E-state index is -3.71. The van der Waals surface area contributed by atoms with E-state index in [-0.39, 0.29) is 37.0 Å². The smallest absolute Gasteiger partial charge is 0.232 e. The van der Waals surface area contributed by atoms with E-state index < -0.39 is 21.7 Å². The quantitative estimate of drug-likeness (QED) is 0.696. The van der Waals surface area contributed by atoms with Gasteiger partial charge in [0.05, 0.1) is 18.0 Å². The minimum Gasteiger partial charge on any atom is -0.350 e. The van der Waals surface area contributed by atoms with Crippen molar-refractivity contribution in [1.29, 1.82) is 0 Å². The van der Waals surface area contributed by atoms with Gasteiger partial charge in [-0.2, -0.15) is 0 Å². The monoisotopic (exact) mass is 424 g/mol. The van der Waals surface area contributed by atoms with E-state index >= 15 is 0 Å². The summed E-state index contributed by atoms with van der Waals surface area (Å²) < 4.78 is 51.6. The van der Waals surface area contributed by atoms with Crippen molar-refractivity contribution in [2.75, 3.05) is 17.1 Å². The van der Waals surface area contributed by atoms with Gasteiger partial charge in [-0.05, 0) is 56.0 Å². The van der Waals surface area contributed by atoms with Crippen LogP contribution in [0.15, 0.2) is 36.4 Å². The second kappa shape index (κ2) is 9.35. The standard InChI is InChI=1S/C21H26F2N2O3S/c1-14-7-8-17(12-15(14)2)16(3)24-21(26)6-5-11-25(29(4,27)28)18-9-10-19(22)20(23)13-18/h7-10,12-13,16H,5-6,11H2,1-4H3,(H,24,26). The fourth-order valence-electron chi connectivity index (χ4n) is 2.94. The number of amides is 1. The van der Waals surface area contributed by atoms with Crippen molar-refractivity contribution in [3.05, 3.63) is 64.7 Å². The molecule has 0 radical (unpaired) electrons. The summed E-state index contributed by atoms with van der Waals surface area (Å²) in [5, 5.41) is 2.90. The number of hydrogen-bond acceptors (Lipinski definition) is 3. The summed E-state index contributed by atoms with van der Waals surface area (Å²) in [6, 6.07) is 8.70. The molecule has 2 aromatic carbocycles. The Hall–Kier alpha value is -2.48. The molecule has 0 bridgehead atoms. The average Bonchev–Trinajstić information content (AvgIpc) is 2.62. The van der Waals surface area contributed by atoms with Crippen LogP contribution in [0.5, 0.6) is 0 Å². The number of halogens is 2. The number of hydrogen-bond donors (Lipinski definition) is 1. The van der Waals surface area contributed by atoms with Crippen LogP contribution < -0.4 is 9.62 Å². The molecule has 0 saturated heterocycles. The number of carbonyl (C=O) groups is 1. The first kappa shape index (κ1) is 22.8. The largest absolute Gasteiger partial charge is 0.350 e. The van der Waals surface area contributed by atoms with Crippen molar-refractivity contribution in [2.45, 2.75) is 39.7 Å². The Labute approximate surface area is 170 Å². The molecule has 1 N–H and O–H groups in total. The minimum absolute atomic E-state index is 0.0185. The highest BCUT2D eigenvalue weighted by Crippen LogP contribution is 2.21. The molecular weight excluding hydrogens is 398 g/mol. The molecule has 2 rings (SSSR count). The van der Waals surface area contributed by atoms with Crippen LogP contribution in [0.1, 0.15) is 42.5 Å². The zero-order valence-electron chi connectivity index (χ0n) is 17.0. The molecule has 1 amide bonds. The van der Waals surface area contributed by atoms with E-state index in [0.29, 0.717) is 0 Å². The number of nitrogens with one attached hydrogen (secondary N) is 1. The second-order valence-electron chi connectivity index (χ2n) is 7.17. The summed E-state index contributed by atoms with van der Waals surface area (Å²) >= 11 is 0. The van der Waals surface area contributed by atoms with Gasteiger partial charge in [0.15, 0.2) is 11.6 Å². The highest BCUT2D eigenvalue weighted by atomic mass is 32.2. The van der Waals surface area contributed by atoms with Crippen LogP contribution in [0.3, 0.4) is 0 Å². The van der Waals surface area contributed by atoms with Crippen molar-refractivity contribution in [2.24, 2.45) is 0 Å². The van der Waals surface area contributed by atoms with Crippen LogP contribution in [-0.4, -0.2) is 27.1 Å². The normalized spacial score (nSPS) is 12.5. The van der Waals surface area contributed by atoms with Gasteiger partial charge in [0, 0.05) is 19.0 Å². The van der Waals surface area contributed by atoms with Crippen LogP contribution in [0.2, 0.25) is 0 Å². The van der Waals surface area contributed by atoms with E-state index in [1.165, 1.54) is 11.6 Å². The lowest BCUT2D eigenvalue weighted by atomic mass is 10.0. The molecule has 158 valence electrons. The van der Waals surface area contributed by atoms with E-state index in [4.69, 9.17) is 0 Å². The first-order valence-electron chi connectivity index (χ1n) is 9.28. The molecule has 0 aliphatic heterocycles. The van der Waals surface area contributed by atoms with Gasteiger partial charge in [-0.25, -0.2) is 17.2 Å². The van der Waals surface area contributed by atoms with E-state index in [2.05, 4.69) is 5.32 Å². The van der Waals surface area contributed by atoms with E-state index in [1.807, 2.05) is 39.0 Å². The molecule has 29 heavy (non-hydrogen) atoms. The highest BCUT2D eigenvalue weighted by Gasteiger charge is 2.19. The summed E-state index contributed by atoms with van der Waals surface area (Å²) in [5.74, 6) is -2.40. The molecule has 2 aromatic rings. The van der Waals surface area contributed by atoms with Gasteiger partial charge in [-0.1, -0.05) is 18.2 Å². The summed E-state index contributed by atoms with van der Waals surface area (Å²) in [4.78, 5) is 12.3. The lowest BCUT2D eigenvalue weighted by Crippen LogP contribution is -2.32. The Morgan fingerprint density at radius 1 is 1.07 bits per heavy atom. The molecule has 0 heterocycles. The van der Waals surface area contributed by atoms with Crippen molar-refractivity contribution in [3.63, 3.8) is 0 Å². The summed E-state index contributed by atoms with van der Waals surface area (Å²) in [6.45, 7) is 5.88. The molecule has 0 fully saturated rings. The lowest BCUT2D eigenvalue weighted by molar-refractivity contribution is -0.121. The summed E-state index contributed by atoms with van der Waals surface area (Å²) in [5.41, 5.74) is 3.32. The molecule has 0 aliphatic carbocycles. The maximum atomic E-state index is 13.5. The Morgan fingerprint density at radius 2 is 1.76 bits per heavy atom. The summed E-state index contributed by atoms with van der Waals surface area (Å²) in [6.07, 6.45) is 1.32. The molecule has 1 unspecified atom stereocenters. The molecule has 0 saturated carbocycles. The lowest BCUT2D eigenvalue weighted by Gasteiger charge is -2.22. The number of benzene rings is 2. The van der Waals surface area contributed by atoms with Crippen molar-refractivity contribution in [3.8, 4) is 0 Å². The van der Waals surface area contributed by atoms with Gasteiger partial charge in [-0.3, -0.25) is 9.10 Å². The van der Waals surface area contributed by atoms with E-state index in [0.717, 1.165) is 33.8 Å². The number of rotatable bonds is 8. The Balaban J connectivity index is 1.97. The number of aryl methyl sites for hydroxylation is 2. The van der Waals surface area contributed by atoms with Crippen molar-refractivity contribution >= 4 is 21.6 Å². The van der Waals surface area contributed by atoms with Crippen molar-refractivity contribution in [1.82, 2.24) is 5.32 Å². The number of carbonyl (C=O) groups excluding carboxylic acids is 1. The van der Waals surface area contributed by atoms with Crippen LogP contribution in [-0.2, 0) is 14.8 Å². The average molecular weight is 425 g/mol. The SMILES string of the molecule is Cc1ccc(C(C)NC(=O)CCCN(c2ccc(F)c(F)c2)S(C)(=O)=O)cc1C. The zero-order valence-corrected chi connectivity index (χ0v) is 17.8. The maximum Gasteiger partial charge on any atom is 0.232 e. The number of sulfonamides is 1. The highest BCUT2D eigenvalue weighted by molar-refractivity contribution is 7.92. The fourth-order valence-corrected chi connectivity index (χ4v) is 3.90. The van der Waals surface area contributed by atoms with Gasteiger partial charge in [0.25, 0.3) is 0 Å². The van der Waals surface area contributed by atoms with Crippen LogP contribution in [0.4, 0.5) is 14.5 Å². The molecule has 0 aliphatic rings. The Bertz CT molecular complexity index is 993. The van der Waals surface area contributed by atoms with Gasteiger partial charge in [-0.15, -0.1) is 0 Å². The molecule has 1 atom stereocenters. The topological polar surface area (TPSA) is 66.5 Å². The Kier molecular flexibility index (Phi) is 7.35. The predicted octanol–water partition coefficient (Wildman–Crippen LogP) is 4.01. The third-order valence-corrected chi connectivity index (χ3v) is 5.96. The summed E-state index contributed by atoms with van der Waals surface area (Å²) in [7, 11) is -3.71. The number of nitrogens with zero attached hydrogens (tertiary/aromatic N) is 1. The molecule has 0 spiro atoms. The van der Waals surface area contributed by atoms with Gasteiger partial charge >= 0.3 is 0 Å². The van der Waals surface area contributed by atoms with Crippen LogP contribution in [0.25, 0.3) is 0 Å². The maximum absolute atomic E-state index is 13.5. The van der Waals surface area contributed by atoms with Gasteiger partial charge in [0.2, 0.25) is 15.9 Å². The third-order valence-electron chi connectivity index (χ3n) is 4.77. The van der Waals surface area contributed by atoms with Crippen LogP contribution in [0, 0.1) is 25.5 Å². The van der Waals surface area contributed by atoms with Crippen molar-refractivity contribution < 1.29 is 22.0 Å². The van der Waals surface area contributed by atoms with Crippen LogP contribution >= 0.6 is 0 Å². The first-order chi connectivity index (χ1) is 13.5. The first-order valence-corrected chi connectivity index (χ1v) is 11.1. The molecule has 0 aromatic heterocycles. The fraction of sp³-hybridized carbons (Fsp3) is 0.381. The Morgan fingerprint density at radius 3 is 2.34 bits per heavy atom. The zero-order chi connectivity index (χ0) is 21.8. The third kappa shape index (κ3) is 6.25. The van der Waals surface area contributed by atoms with Gasteiger partial charge in [0.1, 0.15) is 0 Å². The molecular formula is C21H26F2N2O3S. The van der Waals surface area contributed by atoms with E-state index in [9.17, 15) is 22.0 Å². The predicted molar refractivity (Wildman–Crippen MR) is 110 cm³/mol. The molecule has 5 nitrogen and oxygen atoms in total. The number of anilines is 1. The second-order valence-corrected chi connectivity index (χ2v) is 9.08. The van der Waals surface area contributed by atoms with E-state index in [1.54, 1.807) is 0 Å². The van der Waals surface area contributed by atoms with Gasteiger partial charge < -0.3 is 5.32 Å².